The normalized spacial score (nSPS) is 16.0. The maximum atomic E-state index is 5.84. The fourth-order valence-corrected chi connectivity index (χ4v) is 4.59. The van der Waals surface area contributed by atoms with Crippen LogP contribution in [0.2, 0.25) is 0 Å². The number of methoxy groups -OCH3 is 2. The zero-order chi connectivity index (χ0) is 23.9. The van der Waals surface area contributed by atoms with E-state index in [1.807, 2.05) is 16.8 Å². The SMILES string of the molecule is COc1cccc([C@H](c2nnnn2CCC(C)C)N2CCN(Cc3ccccc3)CC2)c1OC. The minimum atomic E-state index is -0.119. The van der Waals surface area contributed by atoms with Crippen molar-refractivity contribution in [2.75, 3.05) is 40.4 Å². The van der Waals surface area contributed by atoms with Gasteiger partial charge in [-0.1, -0.05) is 56.3 Å². The highest BCUT2D eigenvalue weighted by Crippen LogP contribution is 2.39. The lowest BCUT2D eigenvalue weighted by Gasteiger charge is -2.39. The van der Waals surface area contributed by atoms with E-state index in [9.17, 15) is 0 Å². The molecule has 1 aliphatic heterocycles. The number of rotatable bonds is 10. The number of ether oxygens (including phenoxy) is 2. The van der Waals surface area contributed by atoms with Gasteiger partial charge < -0.3 is 9.47 Å². The van der Waals surface area contributed by atoms with Gasteiger partial charge in [-0.15, -0.1) is 5.10 Å². The largest absolute Gasteiger partial charge is 0.493 e. The van der Waals surface area contributed by atoms with Gasteiger partial charge in [-0.25, -0.2) is 4.68 Å². The molecule has 0 amide bonds. The van der Waals surface area contributed by atoms with Gasteiger partial charge in [0.05, 0.1) is 14.2 Å². The summed E-state index contributed by atoms with van der Waals surface area (Å²) in [7, 11) is 3.36. The van der Waals surface area contributed by atoms with E-state index >= 15 is 0 Å². The van der Waals surface area contributed by atoms with Crippen molar-refractivity contribution in [3.63, 3.8) is 0 Å². The molecule has 1 atom stereocenters. The number of hydrogen-bond donors (Lipinski definition) is 0. The number of benzene rings is 2. The summed E-state index contributed by atoms with van der Waals surface area (Å²) in [6.07, 6.45) is 1.02. The quantitative estimate of drug-likeness (QED) is 0.454. The topological polar surface area (TPSA) is 68.5 Å². The minimum absolute atomic E-state index is 0.119. The third-order valence-corrected chi connectivity index (χ3v) is 6.47. The molecule has 0 spiro atoms. The van der Waals surface area contributed by atoms with E-state index in [0.29, 0.717) is 11.7 Å². The minimum Gasteiger partial charge on any atom is -0.493 e. The highest BCUT2D eigenvalue weighted by Gasteiger charge is 2.33. The average molecular weight is 465 g/mol. The maximum Gasteiger partial charge on any atom is 0.173 e. The summed E-state index contributed by atoms with van der Waals surface area (Å²) >= 11 is 0. The van der Waals surface area contributed by atoms with Gasteiger partial charge in [-0.3, -0.25) is 9.80 Å². The van der Waals surface area contributed by atoms with Crippen molar-refractivity contribution in [3.8, 4) is 11.5 Å². The molecule has 1 saturated heterocycles. The molecule has 0 bridgehead atoms. The first-order chi connectivity index (χ1) is 16.6. The predicted molar refractivity (Wildman–Crippen MR) is 132 cm³/mol. The van der Waals surface area contributed by atoms with Crippen LogP contribution in [0.5, 0.6) is 11.5 Å². The number of tetrazole rings is 1. The second-order valence-electron chi connectivity index (χ2n) is 9.23. The Labute approximate surface area is 202 Å². The van der Waals surface area contributed by atoms with Gasteiger partial charge in [0.1, 0.15) is 6.04 Å². The van der Waals surface area contributed by atoms with Crippen LogP contribution >= 0.6 is 0 Å². The van der Waals surface area contributed by atoms with Crippen molar-refractivity contribution in [2.24, 2.45) is 5.92 Å². The molecule has 0 radical (unpaired) electrons. The number of hydrogen-bond acceptors (Lipinski definition) is 7. The van der Waals surface area contributed by atoms with Gasteiger partial charge in [0, 0.05) is 44.8 Å². The predicted octanol–water partition coefficient (Wildman–Crippen LogP) is 3.64. The van der Waals surface area contributed by atoms with Crippen LogP contribution in [0.4, 0.5) is 0 Å². The van der Waals surface area contributed by atoms with Crippen molar-refractivity contribution >= 4 is 0 Å². The molecule has 3 aromatic rings. The fraction of sp³-hybridized carbons (Fsp3) is 0.500. The zero-order valence-electron chi connectivity index (χ0n) is 20.7. The van der Waals surface area contributed by atoms with Gasteiger partial charge in [-0.2, -0.15) is 0 Å². The number of aromatic nitrogens is 4. The summed E-state index contributed by atoms with van der Waals surface area (Å²) in [5.41, 5.74) is 2.37. The first-order valence-corrected chi connectivity index (χ1v) is 12.1. The molecule has 0 aliphatic carbocycles. The lowest BCUT2D eigenvalue weighted by atomic mass is 10.0. The lowest BCUT2D eigenvalue weighted by Crippen LogP contribution is -2.48. The Kier molecular flexibility index (Phi) is 8.13. The van der Waals surface area contributed by atoms with E-state index in [-0.39, 0.29) is 6.04 Å². The molecule has 4 rings (SSSR count). The number of nitrogens with zero attached hydrogens (tertiary/aromatic N) is 6. The Morgan fingerprint density at radius 2 is 1.68 bits per heavy atom. The van der Waals surface area contributed by atoms with Crippen LogP contribution in [-0.4, -0.2) is 70.4 Å². The highest BCUT2D eigenvalue weighted by atomic mass is 16.5. The van der Waals surface area contributed by atoms with Crippen LogP contribution in [0.1, 0.15) is 43.3 Å². The van der Waals surface area contributed by atoms with Gasteiger partial charge in [0.15, 0.2) is 17.3 Å². The van der Waals surface area contributed by atoms with Crippen LogP contribution in [0, 0.1) is 5.92 Å². The van der Waals surface area contributed by atoms with Crippen molar-refractivity contribution in [1.82, 2.24) is 30.0 Å². The van der Waals surface area contributed by atoms with Crippen LogP contribution < -0.4 is 9.47 Å². The average Bonchev–Trinajstić information content (AvgIpc) is 3.32. The Balaban J connectivity index is 1.62. The Morgan fingerprint density at radius 1 is 0.912 bits per heavy atom. The lowest BCUT2D eigenvalue weighted by molar-refractivity contribution is 0.0988. The standard InChI is InChI=1S/C26H36N6O2/c1-20(2)13-14-32-26(27-28-29-32)24(22-11-8-12-23(33-3)25(22)34-4)31-17-15-30(16-18-31)19-21-9-6-5-7-10-21/h5-12,20,24H,13-19H2,1-4H3/t24-/m1/s1. The van der Waals surface area contributed by atoms with Crippen molar-refractivity contribution in [2.45, 2.75) is 39.4 Å². The molecule has 1 fully saturated rings. The second-order valence-corrected chi connectivity index (χ2v) is 9.23. The molecular weight excluding hydrogens is 428 g/mol. The van der Waals surface area contributed by atoms with Gasteiger partial charge >= 0.3 is 0 Å². The smallest absolute Gasteiger partial charge is 0.173 e. The second kappa shape index (κ2) is 11.4. The molecule has 1 aliphatic rings. The van der Waals surface area contributed by atoms with E-state index in [0.717, 1.165) is 62.8 Å². The first-order valence-electron chi connectivity index (χ1n) is 12.1. The fourth-order valence-electron chi connectivity index (χ4n) is 4.59. The molecule has 8 nitrogen and oxygen atoms in total. The Hall–Kier alpha value is -2.97. The number of piperazine rings is 1. The third kappa shape index (κ3) is 5.56. The van der Waals surface area contributed by atoms with E-state index in [2.05, 4.69) is 75.6 Å². The monoisotopic (exact) mass is 464 g/mol. The Bertz CT molecular complexity index is 1030. The summed E-state index contributed by atoms with van der Waals surface area (Å²) in [6.45, 7) is 9.97. The highest BCUT2D eigenvalue weighted by molar-refractivity contribution is 5.49. The van der Waals surface area contributed by atoms with E-state index in [1.54, 1.807) is 14.2 Å². The molecular formula is C26H36N6O2. The Morgan fingerprint density at radius 3 is 2.35 bits per heavy atom. The van der Waals surface area contributed by atoms with E-state index in [4.69, 9.17) is 9.47 Å². The van der Waals surface area contributed by atoms with E-state index < -0.39 is 0 Å². The molecule has 2 aromatic carbocycles. The molecule has 182 valence electrons. The summed E-state index contributed by atoms with van der Waals surface area (Å²) < 4.78 is 13.4. The van der Waals surface area contributed by atoms with Crippen molar-refractivity contribution in [1.29, 1.82) is 0 Å². The molecule has 8 heteroatoms. The summed E-state index contributed by atoms with van der Waals surface area (Å²) in [6, 6.07) is 16.6. The summed E-state index contributed by atoms with van der Waals surface area (Å²) in [5, 5.41) is 12.9. The van der Waals surface area contributed by atoms with E-state index in [1.165, 1.54) is 5.56 Å². The van der Waals surface area contributed by atoms with Gasteiger partial charge in [0.25, 0.3) is 0 Å². The van der Waals surface area contributed by atoms with Crippen LogP contribution in [-0.2, 0) is 13.1 Å². The number of para-hydroxylation sites is 1. The summed E-state index contributed by atoms with van der Waals surface area (Å²) in [4.78, 5) is 4.98. The third-order valence-electron chi connectivity index (χ3n) is 6.47. The van der Waals surface area contributed by atoms with Gasteiger partial charge in [0.2, 0.25) is 0 Å². The van der Waals surface area contributed by atoms with Gasteiger partial charge in [-0.05, 0) is 34.4 Å². The van der Waals surface area contributed by atoms with Crippen LogP contribution in [0.3, 0.4) is 0 Å². The van der Waals surface area contributed by atoms with Crippen molar-refractivity contribution in [3.05, 3.63) is 65.5 Å². The molecule has 0 saturated carbocycles. The van der Waals surface area contributed by atoms with Crippen LogP contribution in [0.15, 0.2) is 48.5 Å². The molecule has 1 aromatic heterocycles. The molecule has 2 heterocycles. The number of aryl methyl sites for hydroxylation is 1. The zero-order valence-corrected chi connectivity index (χ0v) is 20.7. The first kappa shape index (κ1) is 24.2. The molecule has 34 heavy (non-hydrogen) atoms. The van der Waals surface area contributed by atoms with Crippen LogP contribution in [0.25, 0.3) is 0 Å². The molecule has 0 N–H and O–H groups in total. The summed E-state index contributed by atoms with van der Waals surface area (Å²) in [5.74, 6) is 2.88. The molecule has 0 unspecified atom stereocenters. The van der Waals surface area contributed by atoms with Crippen molar-refractivity contribution < 1.29 is 9.47 Å². The maximum absolute atomic E-state index is 5.84.